The number of ketones is 1. The molecule has 2 aromatic carbocycles. The van der Waals surface area contributed by atoms with Crippen molar-refractivity contribution in [2.75, 3.05) is 52.8 Å². The minimum atomic E-state index is -0.725. The van der Waals surface area contributed by atoms with Crippen LogP contribution in [0.25, 0.3) is 5.76 Å². The van der Waals surface area contributed by atoms with E-state index in [1.807, 2.05) is 31.2 Å². The second kappa shape index (κ2) is 9.97. The highest BCUT2D eigenvalue weighted by Gasteiger charge is 2.46. The summed E-state index contributed by atoms with van der Waals surface area (Å²) < 4.78 is 21.7. The van der Waals surface area contributed by atoms with Crippen LogP contribution in [0.5, 0.6) is 17.2 Å². The van der Waals surface area contributed by atoms with Crippen molar-refractivity contribution in [2.24, 2.45) is 0 Å². The lowest BCUT2D eigenvalue weighted by Gasteiger charge is -2.31. The Morgan fingerprint density at radius 2 is 1.77 bits per heavy atom. The van der Waals surface area contributed by atoms with Crippen molar-refractivity contribution in [1.82, 2.24) is 9.80 Å². The molecule has 2 saturated heterocycles. The summed E-state index contributed by atoms with van der Waals surface area (Å²) in [5.74, 6) is 0.163. The largest absolute Gasteiger partial charge is 0.507 e. The predicted octanol–water partition coefficient (Wildman–Crippen LogP) is 2.57. The molecule has 3 aliphatic heterocycles. The number of benzene rings is 2. The molecule has 9 heteroatoms. The Morgan fingerprint density at radius 1 is 1.03 bits per heavy atom. The number of hydrogen-bond donors (Lipinski definition) is 1. The standard InChI is InChI=1S/C26H28N2O7/c1-2-33-19-6-3-17(4-7-19)23-22(24(29)18-5-8-20-21(15-18)35-16-34-20)25(30)26(31)28(23)10-9-27-11-13-32-14-12-27/h3-8,15,23,29H,2,9-14,16H2,1H3. The predicted molar refractivity (Wildman–Crippen MR) is 126 cm³/mol. The molecule has 0 bridgehead atoms. The third-order valence-electron chi connectivity index (χ3n) is 6.45. The Kier molecular flexibility index (Phi) is 6.61. The minimum absolute atomic E-state index is 0.0556. The SMILES string of the molecule is CCOc1ccc(C2C(=C(O)c3ccc4c(c3)OCO4)C(=O)C(=O)N2CCN2CCOCC2)cc1. The number of carbonyl (C=O) groups is 2. The number of rotatable bonds is 7. The number of ether oxygens (including phenoxy) is 4. The average molecular weight is 481 g/mol. The third kappa shape index (κ3) is 4.56. The molecular weight excluding hydrogens is 452 g/mol. The van der Waals surface area contributed by atoms with E-state index in [9.17, 15) is 14.7 Å². The van der Waals surface area contributed by atoms with Crippen molar-refractivity contribution in [1.29, 1.82) is 0 Å². The fraction of sp³-hybridized carbons (Fsp3) is 0.385. The van der Waals surface area contributed by atoms with Gasteiger partial charge in [-0.2, -0.15) is 0 Å². The fourth-order valence-corrected chi connectivity index (χ4v) is 4.64. The first kappa shape index (κ1) is 23.2. The molecule has 9 nitrogen and oxygen atoms in total. The highest BCUT2D eigenvalue weighted by molar-refractivity contribution is 6.46. The molecule has 1 unspecified atom stereocenters. The van der Waals surface area contributed by atoms with Gasteiger partial charge in [0.25, 0.3) is 11.7 Å². The average Bonchev–Trinajstić information content (AvgIpc) is 3.46. The zero-order chi connectivity index (χ0) is 24.4. The van der Waals surface area contributed by atoms with Crippen molar-refractivity contribution in [3.05, 3.63) is 59.2 Å². The van der Waals surface area contributed by atoms with Gasteiger partial charge in [0.15, 0.2) is 11.5 Å². The van der Waals surface area contributed by atoms with Gasteiger partial charge in [0, 0.05) is 31.7 Å². The Hall–Kier alpha value is -3.56. The lowest BCUT2D eigenvalue weighted by Crippen LogP contribution is -2.42. The van der Waals surface area contributed by atoms with Gasteiger partial charge < -0.3 is 29.0 Å². The van der Waals surface area contributed by atoms with E-state index >= 15 is 0 Å². The first-order chi connectivity index (χ1) is 17.1. The van der Waals surface area contributed by atoms with Crippen LogP contribution in [0.4, 0.5) is 0 Å². The van der Waals surface area contributed by atoms with Crippen LogP contribution >= 0.6 is 0 Å². The fourth-order valence-electron chi connectivity index (χ4n) is 4.64. The van der Waals surface area contributed by atoms with Gasteiger partial charge in [0.2, 0.25) is 6.79 Å². The van der Waals surface area contributed by atoms with E-state index in [-0.39, 0.29) is 18.1 Å². The molecule has 1 N–H and O–H groups in total. The maximum Gasteiger partial charge on any atom is 0.295 e. The van der Waals surface area contributed by atoms with Gasteiger partial charge in [-0.3, -0.25) is 14.5 Å². The molecule has 0 spiro atoms. The summed E-state index contributed by atoms with van der Waals surface area (Å²) in [6.45, 7) is 6.31. The molecule has 5 rings (SSSR count). The number of likely N-dealkylation sites (tertiary alicyclic amines) is 1. The van der Waals surface area contributed by atoms with Crippen LogP contribution in [0.3, 0.4) is 0 Å². The summed E-state index contributed by atoms with van der Waals surface area (Å²) in [7, 11) is 0. The maximum absolute atomic E-state index is 13.2. The number of aliphatic hydroxyl groups is 1. The van der Waals surface area contributed by atoms with Crippen molar-refractivity contribution < 1.29 is 33.6 Å². The van der Waals surface area contributed by atoms with E-state index in [0.717, 1.165) is 18.7 Å². The van der Waals surface area contributed by atoms with Crippen LogP contribution in [0, 0.1) is 0 Å². The first-order valence-electron chi connectivity index (χ1n) is 11.8. The first-order valence-corrected chi connectivity index (χ1v) is 11.8. The van der Waals surface area contributed by atoms with Crippen LogP contribution in [-0.2, 0) is 14.3 Å². The lowest BCUT2D eigenvalue weighted by atomic mass is 9.95. The zero-order valence-electron chi connectivity index (χ0n) is 19.6. The van der Waals surface area contributed by atoms with E-state index in [2.05, 4.69) is 4.90 Å². The molecule has 1 amide bonds. The number of nitrogens with zero attached hydrogens (tertiary/aromatic N) is 2. The molecule has 184 valence electrons. The van der Waals surface area contributed by atoms with Crippen LogP contribution in [0.2, 0.25) is 0 Å². The lowest BCUT2D eigenvalue weighted by molar-refractivity contribution is -0.140. The Labute approximate surface area is 203 Å². The zero-order valence-corrected chi connectivity index (χ0v) is 19.6. The van der Waals surface area contributed by atoms with E-state index in [1.165, 1.54) is 0 Å². The summed E-state index contributed by atoms with van der Waals surface area (Å²) in [6.07, 6.45) is 0. The van der Waals surface area contributed by atoms with Gasteiger partial charge in [0.1, 0.15) is 11.5 Å². The van der Waals surface area contributed by atoms with Crippen molar-refractivity contribution >= 4 is 17.4 Å². The van der Waals surface area contributed by atoms with Crippen LogP contribution in [0.15, 0.2) is 48.0 Å². The van der Waals surface area contributed by atoms with Gasteiger partial charge in [-0.25, -0.2) is 0 Å². The van der Waals surface area contributed by atoms with E-state index < -0.39 is 17.7 Å². The third-order valence-corrected chi connectivity index (χ3v) is 6.45. The Balaban J connectivity index is 1.52. The molecule has 0 saturated carbocycles. The molecular formula is C26H28N2O7. The second-order valence-electron chi connectivity index (χ2n) is 8.52. The number of aliphatic hydroxyl groups excluding tert-OH is 1. The normalized spacial score (nSPS) is 21.5. The number of carbonyl (C=O) groups excluding carboxylic acids is 2. The Bertz CT molecular complexity index is 1140. The molecule has 1 atom stereocenters. The number of hydrogen-bond acceptors (Lipinski definition) is 8. The summed E-state index contributed by atoms with van der Waals surface area (Å²) in [4.78, 5) is 30.2. The number of morpholine rings is 1. The molecule has 0 aliphatic carbocycles. The molecule has 0 radical (unpaired) electrons. The maximum atomic E-state index is 13.2. The van der Waals surface area contributed by atoms with Gasteiger partial charge in [0.05, 0.1) is 31.4 Å². The van der Waals surface area contributed by atoms with E-state index in [1.54, 1.807) is 23.1 Å². The molecule has 0 aromatic heterocycles. The van der Waals surface area contributed by atoms with Crippen LogP contribution in [-0.4, -0.2) is 79.4 Å². The summed E-state index contributed by atoms with van der Waals surface area (Å²) in [5, 5.41) is 11.3. The number of fused-ring (bicyclic) bond motifs is 1. The van der Waals surface area contributed by atoms with Gasteiger partial charge in [-0.15, -0.1) is 0 Å². The summed E-state index contributed by atoms with van der Waals surface area (Å²) >= 11 is 0. The smallest absolute Gasteiger partial charge is 0.295 e. The van der Waals surface area contributed by atoms with Crippen molar-refractivity contribution in [3.63, 3.8) is 0 Å². The topological polar surface area (TPSA) is 97.8 Å². The summed E-state index contributed by atoms with van der Waals surface area (Å²) in [6, 6.07) is 11.5. The van der Waals surface area contributed by atoms with Crippen LogP contribution < -0.4 is 14.2 Å². The quantitative estimate of drug-likeness (QED) is 0.367. The monoisotopic (exact) mass is 480 g/mol. The number of amides is 1. The molecule has 3 heterocycles. The summed E-state index contributed by atoms with van der Waals surface area (Å²) in [5.41, 5.74) is 1.16. The van der Waals surface area contributed by atoms with Gasteiger partial charge in [-0.1, -0.05) is 12.1 Å². The van der Waals surface area contributed by atoms with Crippen molar-refractivity contribution in [3.8, 4) is 17.2 Å². The highest BCUT2D eigenvalue weighted by Crippen LogP contribution is 2.41. The van der Waals surface area contributed by atoms with Crippen LogP contribution in [0.1, 0.15) is 24.1 Å². The highest BCUT2D eigenvalue weighted by atomic mass is 16.7. The molecule has 3 aliphatic rings. The van der Waals surface area contributed by atoms with Gasteiger partial charge in [-0.05, 0) is 42.8 Å². The number of Topliss-reactive ketones (excluding diaryl/α,β-unsaturated/α-hetero) is 1. The van der Waals surface area contributed by atoms with E-state index in [0.29, 0.717) is 55.7 Å². The van der Waals surface area contributed by atoms with Gasteiger partial charge >= 0.3 is 0 Å². The molecule has 2 fully saturated rings. The van der Waals surface area contributed by atoms with Crippen molar-refractivity contribution in [2.45, 2.75) is 13.0 Å². The minimum Gasteiger partial charge on any atom is -0.507 e. The second-order valence-corrected chi connectivity index (χ2v) is 8.52. The Morgan fingerprint density at radius 3 is 2.51 bits per heavy atom. The molecule has 35 heavy (non-hydrogen) atoms. The molecule has 2 aromatic rings. The van der Waals surface area contributed by atoms with E-state index in [4.69, 9.17) is 18.9 Å².